The Bertz CT molecular complexity index is 486. The number of guanidine groups is 1. The summed E-state index contributed by atoms with van der Waals surface area (Å²) in [5.74, 6) is 0.397. The SMILES string of the molecule is CC(C)(C)OC(=O)N1CCN(C(N)=NCC(=O)N2CCCC2)CC1. The summed E-state index contributed by atoms with van der Waals surface area (Å²) < 4.78 is 5.37. The summed E-state index contributed by atoms with van der Waals surface area (Å²) in [6.45, 7) is 9.54. The number of hydrogen-bond donors (Lipinski definition) is 1. The van der Waals surface area contributed by atoms with Crippen LogP contribution < -0.4 is 5.73 Å². The highest BCUT2D eigenvalue weighted by Crippen LogP contribution is 2.12. The molecule has 0 bridgehead atoms. The molecule has 0 unspecified atom stereocenters. The number of likely N-dealkylation sites (tertiary alicyclic amines) is 1. The quantitative estimate of drug-likeness (QED) is 0.583. The van der Waals surface area contributed by atoms with Crippen molar-refractivity contribution >= 4 is 18.0 Å². The Hall–Kier alpha value is -1.99. The average Bonchev–Trinajstić information content (AvgIpc) is 3.05. The lowest BCUT2D eigenvalue weighted by Gasteiger charge is -2.36. The average molecular weight is 339 g/mol. The lowest BCUT2D eigenvalue weighted by Crippen LogP contribution is -2.53. The highest BCUT2D eigenvalue weighted by atomic mass is 16.6. The molecule has 2 fully saturated rings. The minimum atomic E-state index is -0.495. The zero-order valence-electron chi connectivity index (χ0n) is 15.0. The number of piperazine rings is 1. The van der Waals surface area contributed by atoms with Gasteiger partial charge >= 0.3 is 6.09 Å². The van der Waals surface area contributed by atoms with Gasteiger partial charge in [-0.15, -0.1) is 0 Å². The van der Waals surface area contributed by atoms with Crippen LogP contribution >= 0.6 is 0 Å². The first-order valence-electron chi connectivity index (χ1n) is 8.57. The van der Waals surface area contributed by atoms with Crippen LogP contribution in [0.1, 0.15) is 33.6 Å². The number of carbonyl (C=O) groups is 2. The van der Waals surface area contributed by atoms with Crippen LogP contribution in [-0.2, 0) is 9.53 Å². The van der Waals surface area contributed by atoms with Crippen LogP contribution in [0.5, 0.6) is 0 Å². The van der Waals surface area contributed by atoms with E-state index in [4.69, 9.17) is 10.5 Å². The van der Waals surface area contributed by atoms with E-state index >= 15 is 0 Å². The second kappa shape index (κ2) is 7.72. The van der Waals surface area contributed by atoms with Crippen molar-refractivity contribution in [1.29, 1.82) is 0 Å². The van der Waals surface area contributed by atoms with Crippen LogP contribution in [0.4, 0.5) is 4.79 Å². The van der Waals surface area contributed by atoms with Gasteiger partial charge in [-0.25, -0.2) is 9.79 Å². The van der Waals surface area contributed by atoms with Crippen molar-refractivity contribution in [3.8, 4) is 0 Å². The van der Waals surface area contributed by atoms with Crippen LogP contribution in [-0.4, -0.2) is 84.1 Å². The number of nitrogens with two attached hydrogens (primary N) is 1. The van der Waals surface area contributed by atoms with Gasteiger partial charge in [-0.05, 0) is 33.6 Å². The molecule has 2 N–H and O–H groups in total. The first kappa shape index (κ1) is 18.4. The maximum atomic E-state index is 12.0. The van der Waals surface area contributed by atoms with E-state index in [0.717, 1.165) is 25.9 Å². The van der Waals surface area contributed by atoms with E-state index in [2.05, 4.69) is 4.99 Å². The molecule has 2 heterocycles. The Balaban J connectivity index is 1.77. The third-order valence-corrected chi connectivity index (χ3v) is 4.09. The number of rotatable bonds is 2. The highest BCUT2D eigenvalue weighted by Gasteiger charge is 2.26. The minimum absolute atomic E-state index is 0.0304. The van der Waals surface area contributed by atoms with Crippen LogP contribution in [0, 0.1) is 0 Å². The van der Waals surface area contributed by atoms with E-state index in [0.29, 0.717) is 32.1 Å². The van der Waals surface area contributed by atoms with Crippen molar-refractivity contribution in [2.45, 2.75) is 39.2 Å². The van der Waals surface area contributed by atoms with E-state index in [1.807, 2.05) is 30.6 Å². The summed E-state index contributed by atoms with van der Waals surface area (Å²) in [5, 5.41) is 0. The van der Waals surface area contributed by atoms with Gasteiger partial charge in [-0.2, -0.15) is 0 Å². The zero-order chi connectivity index (χ0) is 17.7. The molecule has 0 saturated carbocycles. The largest absolute Gasteiger partial charge is 0.444 e. The van der Waals surface area contributed by atoms with E-state index in [1.54, 1.807) is 4.90 Å². The molecule has 0 aromatic rings. The zero-order valence-corrected chi connectivity index (χ0v) is 15.0. The molecule has 0 aromatic carbocycles. The Labute approximate surface area is 143 Å². The molecule has 2 aliphatic heterocycles. The Morgan fingerprint density at radius 2 is 1.50 bits per heavy atom. The van der Waals surface area contributed by atoms with Crippen molar-refractivity contribution < 1.29 is 14.3 Å². The number of ether oxygens (including phenoxy) is 1. The van der Waals surface area contributed by atoms with E-state index < -0.39 is 5.60 Å². The predicted octanol–water partition coefficient (Wildman–Crippen LogP) is 0.476. The molecule has 0 aliphatic carbocycles. The fourth-order valence-electron chi connectivity index (χ4n) is 2.76. The summed E-state index contributed by atoms with van der Waals surface area (Å²) in [6.07, 6.45) is 1.83. The third-order valence-electron chi connectivity index (χ3n) is 4.09. The van der Waals surface area contributed by atoms with Crippen LogP contribution in [0.15, 0.2) is 4.99 Å². The standard InChI is InChI=1S/C16H29N5O3/c1-16(2,3)24-15(23)21-10-8-20(9-11-21)14(17)18-12-13(22)19-6-4-5-7-19/h4-12H2,1-3H3,(H2,17,18). The molecule has 0 spiro atoms. The molecule has 2 saturated heterocycles. The molecule has 2 rings (SSSR count). The fourth-order valence-corrected chi connectivity index (χ4v) is 2.76. The van der Waals surface area contributed by atoms with Crippen LogP contribution in [0.3, 0.4) is 0 Å². The molecule has 8 nitrogen and oxygen atoms in total. The van der Waals surface area contributed by atoms with Crippen molar-refractivity contribution in [2.24, 2.45) is 10.7 Å². The number of carbonyl (C=O) groups excluding carboxylic acids is 2. The molecule has 2 amide bonds. The maximum Gasteiger partial charge on any atom is 0.410 e. The van der Waals surface area contributed by atoms with Crippen molar-refractivity contribution in [1.82, 2.24) is 14.7 Å². The number of hydrogen-bond acceptors (Lipinski definition) is 4. The molecule has 8 heteroatoms. The summed E-state index contributed by atoms with van der Waals surface area (Å²) in [4.78, 5) is 33.6. The number of nitrogens with zero attached hydrogens (tertiary/aromatic N) is 4. The fraction of sp³-hybridized carbons (Fsp3) is 0.812. The Morgan fingerprint density at radius 1 is 0.958 bits per heavy atom. The first-order valence-corrected chi connectivity index (χ1v) is 8.57. The molecule has 2 aliphatic rings. The summed E-state index contributed by atoms with van der Waals surface area (Å²) in [6, 6.07) is 0. The maximum absolute atomic E-state index is 12.0. The van der Waals surface area contributed by atoms with Gasteiger partial charge in [0.15, 0.2) is 5.96 Å². The van der Waals surface area contributed by atoms with Crippen molar-refractivity contribution in [3.63, 3.8) is 0 Å². The monoisotopic (exact) mass is 339 g/mol. The van der Waals surface area contributed by atoms with Gasteiger partial charge in [0.05, 0.1) is 0 Å². The molecule has 136 valence electrons. The summed E-state index contributed by atoms with van der Waals surface area (Å²) >= 11 is 0. The Kier molecular flexibility index (Phi) is 5.90. The highest BCUT2D eigenvalue weighted by molar-refractivity contribution is 5.84. The lowest BCUT2D eigenvalue weighted by atomic mass is 10.2. The summed E-state index contributed by atoms with van der Waals surface area (Å²) in [7, 11) is 0. The molecule has 0 radical (unpaired) electrons. The first-order chi connectivity index (χ1) is 11.3. The Morgan fingerprint density at radius 3 is 2.04 bits per heavy atom. The molecule has 0 aromatic heterocycles. The van der Waals surface area contributed by atoms with Crippen LogP contribution in [0.2, 0.25) is 0 Å². The molecule has 0 atom stereocenters. The topological polar surface area (TPSA) is 91.5 Å². The third kappa shape index (κ3) is 5.28. The molecule has 24 heavy (non-hydrogen) atoms. The van der Waals surface area contributed by atoms with Crippen LogP contribution in [0.25, 0.3) is 0 Å². The van der Waals surface area contributed by atoms with Gasteiger partial charge < -0.3 is 25.2 Å². The second-order valence-corrected chi connectivity index (χ2v) is 7.22. The van der Waals surface area contributed by atoms with E-state index in [9.17, 15) is 9.59 Å². The van der Waals surface area contributed by atoms with E-state index in [1.165, 1.54) is 0 Å². The van der Waals surface area contributed by atoms with E-state index in [-0.39, 0.29) is 18.5 Å². The van der Waals surface area contributed by atoms with Gasteiger partial charge in [0.2, 0.25) is 5.91 Å². The van der Waals surface area contributed by atoms with Gasteiger partial charge in [0.25, 0.3) is 0 Å². The summed E-state index contributed by atoms with van der Waals surface area (Å²) in [5.41, 5.74) is 5.49. The predicted molar refractivity (Wildman–Crippen MR) is 91.7 cm³/mol. The van der Waals surface area contributed by atoms with Gasteiger partial charge in [0.1, 0.15) is 12.1 Å². The normalized spacial score (nSPS) is 19.6. The minimum Gasteiger partial charge on any atom is -0.444 e. The van der Waals surface area contributed by atoms with Crippen molar-refractivity contribution in [2.75, 3.05) is 45.8 Å². The van der Waals surface area contributed by atoms with Crippen molar-refractivity contribution in [3.05, 3.63) is 0 Å². The smallest absolute Gasteiger partial charge is 0.410 e. The van der Waals surface area contributed by atoms with Gasteiger partial charge in [-0.1, -0.05) is 0 Å². The molecular weight excluding hydrogens is 310 g/mol. The number of aliphatic imine (C=N–C) groups is 1. The second-order valence-electron chi connectivity index (χ2n) is 7.22. The van der Waals surface area contributed by atoms with Gasteiger partial charge in [0, 0.05) is 39.3 Å². The number of amides is 2. The lowest BCUT2D eigenvalue weighted by molar-refractivity contribution is -0.128. The van der Waals surface area contributed by atoms with Gasteiger partial charge in [-0.3, -0.25) is 4.79 Å². The molecular formula is C16H29N5O3.